The Hall–Kier alpha value is -2.88. The van der Waals surface area contributed by atoms with Crippen molar-refractivity contribution in [1.29, 1.82) is 0 Å². The molecule has 0 unspecified atom stereocenters. The average Bonchev–Trinajstić information content (AvgIpc) is 2.96. The molecule has 114 valence electrons. The Balaban J connectivity index is 1.86. The normalized spacial score (nSPS) is 10.5. The van der Waals surface area contributed by atoms with Crippen LogP contribution < -0.4 is 5.32 Å². The van der Waals surface area contributed by atoms with Crippen LogP contribution in [0.1, 0.15) is 26.3 Å². The summed E-state index contributed by atoms with van der Waals surface area (Å²) in [5.41, 5.74) is 1.17. The first kappa shape index (κ1) is 15.5. The van der Waals surface area contributed by atoms with Crippen LogP contribution in [0.4, 0.5) is 4.79 Å². The van der Waals surface area contributed by atoms with E-state index in [-0.39, 0.29) is 6.54 Å². The monoisotopic (exact) mass is 299 g/mol. The number of nitrogens with one attached hydrogen (secondary N) is 2. The van der Waals surface area contributed by atoms with Gasteiger partial charge in [0.05, 0.1) is 6.54 Å². The van der Waals surface area contributed by atoms with Gasteiger partial charge in [0.2, 0.25) is 5.82 Å². The topological polar surface area (TPSA) is 92.8 Å². The zero-order valence-electron chi connectivity index (χ0n) is 12.7. The Labute approximate surface area is 128 Å². The Morgan fingerprint density at radius 1 is 1.32 bits per heavy atom. The summed E-state index contributed by atoms with van der Waals surface area (Å²) in [5.74, 6) is 6.35. The number of aromatic amines is 1. The molecule has 7 nitrogen and oxygen atoms in total. The van der Waals surface area contributed by atoms with Crippen molar-refractivity contribution in [3.63, 3.8) is 0 Å². The number of tetrazole rings is 1. The van der Waals surface area contributed by atoms with Gasteiger partial charge in [-0.05, 0) is 50.3 Å². The van der Waals surface area contributed by atoms with Crippen LogP contribution in [0, 0.1) is 11.8 Å². The molecule has 1 aromatic heterocycles. The number of benzene rings is 1. The molecular formula is C15H17N5O2. The first-order valence-electron chi connectivity index (χ1n) is 6.74. The fraction of sp³-hybridized carbons (Fsp3) is 0.333. The number of amides is 1. The molecule has 2 N–H and O–H groups in total. The number of hydrogen-bond acceptors (Lipinski definition) is 5. The molecule has 0 saturated heterocycles. The Morgan fingerprint density at radius 2 is 2.05 bits per heavy atom. The van der Waals surface area contributed by atoms with E-state index in [0.29, 0.717) is 5.82 Å². The average molecular weight is 299 g/mol. The summed E-state index contributed by atoms with van der Waals surface area (Å²) in [7, 11) is 0. The molecule has 0 aliphatic carbocycles. The SMILES string of the molecule is CC(C)(C)OC(=O)NCC#Cc1ccc(-c2nn[nH]n2)cc1. The Morgan fingerprint density at radius 3 is 2.64 bits per heavy atom. The largest absolute Gasteiger partial charge is 0.444 e. The number of H-pyrrole nitrogens is 1. The maximum absolute atomic E-state index is 11.4. The van der Waals surface area contributed by atoms with E-state index in [4.69, 9.17) is 4.74 Å². The lowest BCUT2D eigenvalue weighted by Gasteiger charge is -2.18. The number of alkyl carbamates (subject to hydrolysis) is 1. The van der Waals surface area contributed by atoms with Crippen molar-refractivity contribution >= 4 is 6.09 Å². The van der Waals surface area contributed by atoms with Gasteiger partial charge in [-0.1, -0.05) is 11.8 Å². The minimum atomic E-state index is -0.511. The van der Waals surface area contributed by atoms with Gasteiger partial charge in [-0.25, -0.2) is 4.79 Å². The lowest BCUT2D eigenvalue weighted by molar-refractivity contribution is 0.0535. The van der Waals surface area contributed by atoms with Gasteiger partial charge in [-0.3, -0.25) is 0 Å². The molecule has 1 amide bonds. The molecular weight excluding hydrogens is 282 g/mol. The molecule has 2 rings (SSSR count). The van der Waals surface area contributed by atoms with E-state index in [2.05, 4.69) is 37.8 Å². The van der Waals surface area contributed by atoms with Gasteiger partial charge in [-0.2, -0.15) is 5.21 Å². The van der Waals surface area contributed by atoms with Crippen LogP contribution in [-0.2, 0) is 4.74 Å². The van der Waals surface area contributed by atoms with Gasteiger partial charge in [0.15, 0.2) is 0 Å². The van der Waals surface area contributed by atoms with Gasteiger partial charge in [0.25, 0.3) is 0 Å². The van der Waals surface area contributed by atoms with Crippen molar-refractivity contribution in [2.24, 2.45) is 0 Å². The molecule has 2 aromatic rings. The van der Waals surface area contributed by atoms with Gasteiger partial charge in [-0.15, -0.1) is 10.2 Å². The predicted molar refractivity (Wildman–Crippen MR) is 80.7 cm³/mol. The molecule has 0 fully saturated rings. The van der Waals surface area contributed by atoms with Crippen molar-refractivity contribution in [2.75, 3.05) is 6.54 Å². The maximum Gasteiger partial charge on any atom is 0.408 e. The quantitative estimate of drug-likeness (QED) is 0.824. The second-order valence-electron chi connectivity index (χ2n) is 5.47. The molecule has 1 aromatic carbocycles. The van der Waals surface area contributed by atoms with Gasteiger partial charge in [0.1, 0.15) is 5.60 Å². The second kappa shape index (κ2) is 6.72. The molecule has 0 spiro atoms. The third-order valence-corrected chi connectivity index (χ3v) is 2.44. The highest BCUT2D eigenvalue weighted by molar-refractivity contribution is 5.68. The van der Waals surface area contributed by atoms with Gasteiger partial charge >= 0.3 is 6.09 Å². The van der Waals surface area contributed by atoms with Crippen LogP contribution in [0.25, 0.3) is 11.4 Å². The summed E-state index contributed by atoms with van der Waals surface area (Å²) in [5, 5.41) is 16.3. The smallest absolute Gasteiger partial charge is 0.408 e. The van der Waals surface area contributed by atoms with Crippen molar-refractivity contribution < 1.29 is 9.53 Å². The molecule has 0 aliphatic rings. The lowest BCUT2D eigenvalue weighted by atomic mass is 10.1. The first-order valence-corrected chi connectivity index (χ1v) is 6.74. The van der Waals surface area contributed by atoms with Crippen LogP contribution in [-0.4, -0.2) is 38.9 Å². The minimum Gasteiger partial charge on any atom is -0.444 e. The molecule has 0 aliphatic heterocycles. The lowest BCUT2D eigenvalue weighted by Crippen LogP contribution is -2.32. The predicted octanol–water partition coefficient (Wildman–Crippen LogP) is 1.74. The molecule has 7 heteroatoms. The fourth-order valence-electron chi connectivity index (χ4n) is 1.56. The highest BCUT2D eigenvalue weighted by Crippen LogP contribution is 2.13. The number of ether oxygens (including phenoxy) is 1. The minimum absolute atomic E-state index is 0.224. The summed E-state index contributed by atoms with van der Waals surface area (Å²) in [4.78, 5) is 11.4. The number of hydrogen-bond donors (Lipinski definition) is 2. The highest BCUT2D eigenvalue weighted by atomic mass is 16.6. The Kier molecular flexibility index (Phi) is 4.73. The van der Waals surface area contributed by atoms with E-state index in [1.165, 1.54) is 0 Å². The fourth-order valence-corrected chi connectivity index (χ4v) is 1.56. The van der Waals surface area contributed by atoms with E-state index >= 15 is 0 Å². The van der Waals surface area contributed by atoms with E-state index in [0.717, 1.165) is 11.1 Å². The van der Waals surface area contributed by atoms with Crippen molar-refractivity contribution in [3.8, 4) is 23.2 Å². The number of nitrogens with zero attached hydrogens (tertiary/aromatic N) is 3. The van der Waals surface area contributed by atoms with Crippen molar-refractivity contribution in [2.45, 2.75) is 26.4 Å². The molecule has 0 atom stereocenters. The second-order valence-corrected chi connectivity index (χ2v) is 5.47. The van der Waals surface area contributed by atoms with Crippen LogP contribution in [0.2, 0.25) is 0 Å². The summed E-state index contributed by atoms with van der Waals surface area (Å²) in [6, 6.07) is 7.42. The molecule has 0 bridgehead atoms. The van der Waals surface area contributed by atoms with E-state index in [1.807, 2.05) is 45.0 Å². The summed E-state index contributed by atoms with van der Waals surface area (Å²) in [6.45, 7) is 5.65. The number of aromatic nitrogens is 4. The van der Waals surface area contributed by atoms with E-state index in [1.54, 1.807) is 0 Å². The van der Waals surface area contributed by atoms with Crippen molar-refractivity contribution in [1.82, 2.24) is 25.9 Å². The van der Waals surface area contributed by atoms with Gasteiger partial charge < -0.3 is 10.1 Å². The highest BCUT2D eigenvalue weighted by Gasteiger charge is 2.14. The maximum atomic E-state index is 11.4. The summed E-state index contributed by atoms with van der Waals surface area (Å²) < 4.78 is 5.11. The zero-order chi connectivity index (χ0) is 16.0. The summed E-state index contributed by atoms with van der Waals surface area (Å²) >= 11 is 0. The van der Waals surface area contributed by atoms with E-state index < -0.39 is 11.7 Å². The Bertz CT molecular complexity index is 675. The van der Waals surface area contributed by atoms with Gasteiger partial charge in [0, 0.05) is 11.1 Å². The first-order chi connectivity index (χ1) is 10.4. The zero-order valence-corrected chi connectivity index (χ0v) is 12.7. The third kappa shape index (κ3) is 4.90. The van der Waals surface area contributed by atoms with Crippen molar-refractivity contribution in [3.05, 3.63) is 29.8 Å². The number of rotatable bonds is 2. The van der Waals surface area contributed by atoms with Crippen LogP contribution in [0.5, 0.6) is 0 Å². The molecule has 1 heterocycles. The van der Waals surface area contributed by atoms with E-state index in [9.17, 15) is 4.79 Å². The third-order valence-electron chi connectivity index (χ3n) is 2.44. The van der Waals surface area contributed by atoms with Crippen LogP contribution >= 0.6 is 0 Å². The van der Waals surface area contributed by atoms with Crippen LogP contribution in [0.15, 0.2) is 24.3 Å². The number of carbonyl (C=O) groups is 1. The standard InChI is InChI=1S/C15H17N5O2/c1-15(2,3)22-14(21)16-10-4-5-11-6-8-12(9-7-11)13-17-19-20-18-13/h6-9H,10H2,1-3H3,(H,16,21)(H,17,18,19,20). The molecule has 0 saturated carbocycles. The molecule has 22 heavy (non-hydrogen) atoms. The summed E-state index contributed by atoms with van der Waals surface area (Å²) in [6.07, 6.45) is -0.478. The number of carbonyl (C=O) groups excluding carboxylic acids is 1. The van der Waals surface area contributed by atoms with Crippen LogP contribution in [0.3, 0.4) is 0 Å². The molecule has 0 radical (unpaired) electrons.